The summed E-state index contributed by atoms with van der Waals surface area (Å²) in [5.74, 6) is -0.813. The van der Waals surface area contributed by atoms with Gasteiger partial charge in [-0.1, -0.05) is 66.2 Å². The second-order valence-corrected chi connectivity index (χ2v) is 6.64. The molecule has 128 valence electrons. The number of nitrogens with zero attached hydrogens (tertiary/aromatic N) is 1. The first-order valence-corrected chi connectivity index (χ1v) is 8.57. The van der Waals surface area contributed by atoms with Gasteiger partial charge in [0.25, 0.3) is 0 Å². The molecule has 0 aromatic heterocycles. The fraction of sp³-hybridized carbons (Fsp3) is 0.250. The van der Waals surface area contributed by atoms with Crippen LogP contribution in [0.1, 0.15) is 29.9 Å². The molecule has 0 saturated heterocycles. The van der Waals surface area contributed by atoms with Crippen molar-refractivity contribution in [3.8, 4) is 0 Å². The van der Waals surface area contributed by atoms with E-state index < -0.39 is 12.0 Å². The SMILES string of the molecule is O=CC[C@@H]1C=C(c2ccccc2)C[C@H](c2ccccc2Cl)[C@H]1[N+](=O)[O-]. The number of halogens is 1. The molecule has 0 aliphatic heterocycles. The van der Waals surface area contributed by atoms with E-state index in [1.165, 1.54) is 0 Å². The van der Waals surface area contributed by atoms with Crippen LogP contribution in [0.25, 0.3) is 5.57 Å². The first kappa shape index (κ1) is 17.4. The summed E-state index contributed by atoms with van der Waals surface area (Å²) >= 11 is 6.33. The minimum absolute atomic E-state index is 0.128. The molecule has 3 rings (SSSR count). The lowest BCUT2D eigenvalue weighted by atomic mass is 9.72. The number of allylic oxidation sites excluding steroid dienone is 1. The van der Waals surface area contributed by atoms with Gasteiger partial charge in [0.2, 0.25) is 6.04 Å². The lowest BCUT2D eigenvalue weighted by Crippen LogP contribution is -2.37. The molecule has 0 bridgehead atoms. The molecule has 0 heterocycles. The first-order valence-electron chi connectivity index (χ1n) is 8.19. The molecule has 5 heteroatoms. The van der Waals surface area contributed by atoms with Crippen molar-refractivity contribution in [1.29, 1.82) is 0 Å². The number of carbonyl (C=O) groups is 1. The maximum absolute atomic E-state index is 11.8. The van der Waals surface area contributed by atoms with Gasteiger partial charge in [0, 0.05) is 16.4 Å². The summed E-state index contributed by atoms with van der Waals surface area (Å²) in [6.45, 7) is 0. The number of hydrogen-bond acceptors (Lipinski definition) is 3. The summed E-state index contributed by atoms with van der Waals surface area (Å²) in [4.78, 5) is 22.6. The van der Waals surface area contributed by atoms with Gasteiger partial charge < -0.3 is 4.79 Å². The second-order valence-electron chi connectivity index (χ2n) is 6.23. The number of carbonyl (C=O) groups excluding carboxylic acids is 1. The Balaban J connectivity index is 2.09. The Morgan fingerprint density at radius 1 is 1.12 bits per heavy atom. The van der Waals surface area contributed by atoms with Gasteiger partial charge in [-0.2, -0.15) is 0 Å². The molecule has 0 spiro atoms. The smallest absolute Gasteiger partial charge is 0.226 e. The first-order chi connectivity index (χ1) is 12.1. The number of nitro groups is 1. The summed E-state index contributed by atoms with van der Waals surface area (Å²) in [5, 5.41) is 12.3. The molecule has 2 aromatic carbocycles. The van der Waals surface area contributed by atoms with Crippen molar-refractivity contribution in [2.24, 2.45) is 5.92 Å². The highest BCUT2D eigenvalue weighted by Gasteiger charge is 2.43. The van der Waals surface area contributed by atoms with Gasteiger partial charge in [-0.25, -0.2) is 0 Å². The van der Waals surface area contributed by atoms with Crippen molar-refractivity contribution in [3.63, 3.8) is 0 Å². The van der Waals surface area contributed by atoms with Crippen LogP contribution in [-0.2, 0) is 4.79 Å². The zero-order valence-electron chi connectivity index (χ0n) is 13.5. The topological polar surface area (TPSA) is 60.2 Å². The average molecular weight is 356 g/mol. The van der Waals surface area contributed by atoms with Crippen molar-refractivity contribution in [3.05, 3.63) is 86.9 Å². The van der Waals surface area contributed by atoms with Crippen LogP contribution in [-0.4, -0.2) is 17.3 Å². The Kier molecular flexibility index (Phi) is 5.29. The standard InChI is InChI=1S/C20H18ClNO3/c21-19-9-5-4-8-17(19)18-13-16(14-6-2-1-3-7-14)12-15(10-11-23)20(18)22(24)25/h1-9,11-12,15,18,20H,10,13H2/t15-,18-,20+/m1/s1. The Morgan fingerprint density at radius 2 is 1.80 bits per heavy atom. The molecular formula is C20H18ClNO3. The normalized spacial score (nSPS) is 22.9. The number of hydrogen-bond donors (Lipinski definition) is 0. The summed E-state index contributed by atoms with van der Waals surface area (Å²) in [6, 6.07) is 16.2. The highest BCUT2D eigenvalue weighted by molar-refractivity contribution is 6.31. The summed E-state index contributed by atoms with van der Waals surface area (Å²) in [5.41, 5.74) is 2.82. The van der Waals surface area contributed by atoms with Gasteiger partial charge in [0.05, 0.1) is 11.8 Å². The minimum Gasteiger partial charge on any atom is -0.303 e. The van der Waals surface area contributed by atoms with Crippen LogP contribution in [0.2, 0.25) is 5.02 Å². The van der Waals surface area contributed by atoms with Crippen molar-refractivity contribution >= 4 is 23.5 Å². The van der Waals surface area contributed by atoms with Gasteiger partial charge >= 0.3 is 0 Å². The molecule has 0 N–H and O–H groups in total. The monoisotopic (exact) mass is 355 g/mol. The molecule has 4 nitrogen and oxygen atoms in total. The summed E-state index contributed by atoms with van der Waals surface area (Å²) in [7, 11) is 0. The molecule has 3 atom stereocenters. The molecular weight excluding hydrogens is 338 g/mol. The third-order valence-corrected chi connectivity index (χ3v) is 5.11. The summed E-state index contributed by atoms with van der Waals surface area (Å²) < 4.78 is 0. The van der Waals surface area contributed by atoms with Gasteiger partial charge in [-0.05, 0) is 29.2 Å². The average Bonchev–Trinajstić information content (AvgIpc) is 2.62. The highest BCUT2D eigenvalue weighted by Crippen LogP contribution is 2.43. The van der Waals surface area contributed by atoms with E-state index in [-0.39, 0.29) is 17.3 Å². The minimum atomic E-state index is -0.863. The second kappa shape index (κ2) is 7.62. The lowest BCUT2D eigenvalue weighted by Gasteiger charge is -2.32. The molecule has 0 amide bonds. The third-order valence-electron chi connectivity index (χ3n) is 4.77. The predicted molar refractivity (Wildman–Crippen MR) is 98.2 cm³/mol. The van der Waals surface area contributed by atoms with Crippen LogP contribution in [0.3, 0.4) is 0 Å². The fourth-order valence-electron chi connectivity index (χ4n) is 3.64. The van der Waals surface area contributed by atoms with E-state index in [1.807, 2.05) is 54.6 Å². The molecule has 0 radical (unpaired) electrons. The van der Waals surface area contributed by atoms with Crippen molar-refractivity contribution in [2.45, 2.75) is 24.8 Å². The zero-order valence-corrected chi connectivity index (χ0v) is 14.3. The van der Waals surface area contributed by atoms with E-state index in [4.69, 9.17) is 11.6 Å². The summed E-state index contributed by atoms with van der Waals surface area (Å²) in [6.07, 6.45) is 3.30. The molecule has 0 fully saturated rings. The van der Waals surface area contributed by atoms with Crippen LogP contribution in [0.5, 0.6) is 0 Å². The predicted octanol–water partition coefficient (Wildman–Crippen LogP) is 4.76. The number of aldehydes is 1. The van der Waals surface area contributed by atoms with Gasteiger partial charge in [0.15, 0.2) is 0 Å². The Bertz CT molecular complexity index is 804. The Hall–Kier alpha value is -2.46. The van der Waals surface area contributed by atoms with Crippen LogP contribution in [0.15, 0.2) is 60.7 Å². The fourth-order valence-corrected chi connectivity index (χ4v) is 3.91. The maximum Gasteiger partial charge on any atom is 0.226 e. The number of benzene rings is 2. The van der Waals surface area contributed by atoms with Gasteiger partial charge in [-0.15, -0.1) is 0 Å². The maximum atomic E-state index is 11.8. The molecule has 0 unspecified atom stereocenters. The van der Waals surface area contributed by atoms with Crippen molar-refractivity contribution in [2.75, 3.05) is 0 Å². The van der Waals surface area contributed by atoms with Gasteiger partial charge in [0.1, 0.15) is 6.29 Å². The third kappa shape index (κ3) is 3.64. The van der Waals surface area contributed by atoms with Crippen molar-refractivity contribution < 1.29 is 9.72 Å². The molecule has 25 heavy (non-hydrogen) atoms. The van der Waals surface area contributed by atoms with Crippen LogP contribution in [0.4, 0.5) is 0 Å². The molecule has 1 aliphatic carbocycles. The quantitative estimate of drug-likeness (QED) is 0.441. The van der Waals surface area contributed by atoms with E-state index in [0.717, 1.165) is 23.0 Å². The van der Waals surface area contributed by atoms with Crippen LogP contribution >= 0.6 is 11.6 Å². The highest BCUT2D eigenvalue weighted by atomic mass is 35.5. The number of rotatable bonds is 5. The van der Waals surface area contributed by atoms with Gasteiger partial charge in [-0.3, -0.25) is 10.1 Å². The van der Waals surface area contributed by atoms with E-state index in [0.29, 0.717) is 11.4 Å². The molecule has 0 saturated carbocycles. The Labute approximate surface area is 151 Å². The Morgan fingerprint density at radius 3 is 2.44 bits per heavy atom. The molecule has 2 aromatic rings. The lowest BCUT2D eigenvalue weighted by molar-refractivity contribution is -0.534. The zero-order chi connectivity index (χ0) is 17.8. The van der Waals surface area contributed by atoms with E-state index in [9.17, 15) is 14.9 Å². The largest absolute Gasteiger partial charge is 0.303 e. The van der Waals surface area contributed by atoms with Crippen LogP contribution in [0, 0.1) is 16.0 Å². The van der Waals surface area contributed by atoms with Crippen LogP contribution < -0.4 is 0 Å². The molecule has 1 aliphatic rings. The van der Waals surface area contributed by atoms with Crippen molar-refractivity contribution in [1.82, 2.24) is 0 Å². The van der Waals surface area contributed by atoms with E-state index in [1.54, 1.807) is 6.07 Å². The van der Waals surface area contributed by atoms with E-state index in [2.05, 4.69) is 0 Å². The van der Waals surface area contributed by atoms with E-state index >= 15 is 0 Å².